The number of ether oxygens (including phenoxy) is 1. The third-order valence-electron chi connectivity index (χ3n) is 5.58. The van der Waals surface area contributed by atoms with Crippen molar-refractivity contribution in [2.75, 3.05) is 19.8 Å². The quantitative estimate of drug-likeness (QED) is 0.835. The van der Waals surface area contributed by atoms with Crippen molar-refractivity contribution in [2.24, 2.45) is 0 Å². The average molecular weight is 267 g/mol. The van der Waals surface area contributed by atoms with E-state index in [0.717, 1.165) is 13.0 Å². The number of aliphatic hydroxyl groups excluding tert-OH is 1. The molecule has 2 saturated heterocycles. The van der Waals surface area contributed by atoms with E-state index >= 15 is 0 Å². The average Bonchev–Trinajstić information content (AvgIpc) is 2.75. The van der Waals surface area contributed by atoms with E-state index in [1.165, 1.54) is 64.3 Å². The second kappa shape index (κ2) is 6.11. The van der Waals surface area contributed by atoms with E-state index in [1.807, 2.05) is 0 Å². The van der Waals surface area contributed by atoms with E-state index in [2.05, 4.69) is 4.90 Å². The summed E-state index contributed by atoms with van der Waals surface area (Å²) >= 11 is 0. The number of nitrogens with zero attached hydrogens (tertiary/aromatic N) is 1. The Morgan fingerprint density at radius 1 is 1.05 bits per heavy atom. The molecule has 1 saturated carbocycles. The second-order valence-electron chi connectivity index (χ2n) is 6.81. The Balaban J connectivity index is 1.68. The zero-order valence-corrected chi connectivity index (χ0v) is 12.1. The lowest BCUT2D eigenvalue weighted by molar-refractivity contribution is -0.109. The minimum absolute atomic E-state index is 0.204. The van der Waals surface area contributed by atoms with Gasteiger partial charge in [-0.05, 0) is 45.1 Å². The first-order valence-electron chi connectivity index (χ1n) is 8.34. The molecule has 1 spiro atoms. The van der Waals surface area contributed by atoms with Gasteiger partial charge in [0.1, 0.15) is 0 Å². The van der Waals surface area contributed by atoms with Crippen molar-refractivity contribution in [1.82, 2.24) is 4.90 Å². The summed E-state index contributed by atoms with van der Waals surface area (Å²) in [6.45, 7) is 2.45. The number of likely N-dealkylation sites (tertiary alicyclic amines) is 1. The predicted molar refractivity (Wildman–Crippen MR) is 76.2 cm³/mol. The molecule has 2 aliphatic heterocycles. The lowest BCUT2D eigenvalue weighted by Crippen LogP contribution is -2.51. The molecule has 2 heterocycles. The fourth-order valence-corrected chi connectivity index (χ4v) is 4.53. The molecule has 3 fully saturated rings. The highest BCUT2D eigenvalue weighted by Crippen LogP contribution is 2.42. The molecule has 1 aliphatic carbocycles. The van der Waals surface area contributed by atoms with Crippen LogP contribution in [0.5, 0.6) is 0 Å². The van der Waals surface area contributed by atoms with Crippen molar-refractivity contribution in [3.05, 3.63) is 0 Å². The molecule has 0 aromatic carbocycles. The van der Waals surface area contributed by atoms with Gasteiger partial charge in [0.05, 0.1) is 12.2 Å². The summed E-state index contributed by atoms with van der Waals surface area (Å²) in [5.41, 5.74) is 0.204. The molecule has 0 amide bonds. The molecule has 3 heteroatoms. The highest BCUT2D eigenvalue weighted by molar-refractivity contribution is 4.95. The zero-order valence-electron chi connectivity index (χ0n) is 12.1. The van der Waals surface area contributed by atoms with Gasteiger partial charge in [-0.25, -0.2) is 0 Å². The van der Waals surface area contributed by atoms with Crippen LogP contribution in [-0.2, 0) is 4.74 Å². The van der Waals surface area contributed by atoms with Gasteiger partial charge < -0.3 is 9.84 Å². The molecule has 1 N–H and O–H groups in total. The van der Waals surface area contributed by atoms with Crippen LogP contribution < -0.4 is 0 Å². The maximum absolute atomic E-state index is 9.70. The fraction of sp³-hybridized carbons (Fsp3) is 1.00. The van der Waals surface area contributed by atoms with E-state index in [4.69, 9.17) is 4.74 Å². The van der Waals surface area contributed by atoms with Crippen LogP contribution in [0.2, 0.25) is 0 Å². The van der Waals surface area contributed by atoms with Crippen molar-refractivity contribution < 1.29 is 9.84 Å². The maximum Gasteiger partial charge on any atom is 0.0697 e. The second-order valence-corrected chi connectivity index (χ2v) is 6.81. The minimum atomic E-state index is 0.204. The van der Waals surface area contributed by atoms with Gasteiger partial charge in [0.15, 0.2) is 0 Å². The molecule has 0 aromatic rings. The van der Waals surface area contributed by atoms with E-state index in [-0.39, 0.29) is 5.60 Å². The molecule has 3 rings (SSSR count). The topological polar surface area (TPSA) is 32.7 Å². The highest BCUT2D eigenvalue weighted by Gasteiger charge is 2.42. The first-order chi connectivity index (χ1) is 9.33. The van der Waals surface area contributed by atoms with Crippen LogP contribution in [0.15, 0.2) is 0 Å². The molecular formula is C16H29NO2. The van der Waals surface area contributed by atoms with Gasteiger partial charge in [-0.1, -0.05) is 25.7 Å². The molecular weight excluding hydrogens is 238 g/mol. The molecule has 3 nitrogen and oxygen atoms in total. The van der Waals surface area contributed by atoms with Gasteiger partial charge in [-0.15, -0.1) is 0 Å². The monoisotopic (exact) mass is 267 g/mol. The van der Waals surface area contributed by atoms with Gasteiger partial charge in [-0.3, -0.25) is 4.90 Å². The van der Waals surface area contributed by atoms with Gasteiger partial charge in [0.2, 0.25) is 0 Å². The van der Waals surface area contributed by atoms with Crippen LogP contribution in [0.3, 0.4) is 0 Å². The van der Waals surface area contributed by atoms with Crippen LogP contribution in [0.4, 0.5) is 0 Å². The third kappa shape index (κ3) is 2.98. The number of hydrogen-bond acceptors (Lipinski definition) is 3. The molecule has 2 unspecified atom stereocenters. The van der Waals surface area contributed by atoms with Crippen LogP contribution in [0.1, 0.15) is 64.2 Å². The maximum atomic E-state index is 9.70. The Morgan fingerprint density at radius 3 is 2.68 bits per heavy atom. The lowest BCUT2D eigenvalue weighted by Gasteiger charge is -2.45. The summed E-state index contributed by atoms with van der Waals surface area (Å²) in [7, 11) is 0. The molecule has 110 valence electrons. The van der Waals surface area contributed by atoms with Crippen molar-refractivity contribution in [1.29, 1.82) is 0 Å². The molecule has 0 aromatic heterocycles. The van der Waals surface area contributed by atoms with Crippen LogP contribution in [0, 0.1) is 0 Å². The predicted octanol–water partition coefficient (Wildman–Crippen LogP) is 2.72. The number of rotatable bonds is 2. The normalized spacial score (nSPS) is 36.5. The minimum Gasteiger partial charge on any atom is -0.395 e. The van der Waals surface area contributed by atoms with E-state index < -0.39 is 0 Å². The highest BCUT2D eigenvalue weighted by atomic mass is 16.5. The largest absolute Gasteiger partial charge is 0.395 e. The molecule has 3 aliphatic rings. The Morgan fingerprint density at radius 2 is 1.89 bits per heavy atom. The number of hydrogen-bond donors (Lipinski definition) is 1. The van der Waals surface area contributed by atoms with E-state index in [9.17, 15) is 5.11 Å². The Hall–Kier alpha value is -0.120. The van der Waals surface area contributed by atoms with Crippen molar-refractivity contribution >= 4 is 0 Å². The Bertz CT molecular complexity index is 288. The number of aliphatic hydroxyl groups is 1. The fourth-order valence-electron chi connectivity index (χ4n) is 4.53. The van der Waals surface area contributed by atoms with Crippen LogP contribution in [-0.4, -0.2) is 47.4 Å². The van der Waals surface area contributed by atoms with E-state index in [1.54, 1.807) is 0 Å². The molecule has 2 atom stereocenters. The van der Waals surface area contributed by atoms with Gasteiger partial charge in [0.25, 0.3) is 0 Å². The van der Waals surface area contributed by atoms with Crippen LogP contribution >= 0.6 is 0 Å². The zero-order chi connectivity index (χ0) is 13.1. The summed E-state index contributed by atoms with van der Waals surface area (Å²) < 4.78 is 6.16. The first-order valence-corrected chi connectivity index (χ1v) is 8.34. The Kier molecular flexibility index (Phi) is 4.45. The summed E-state index contributed by atoms with van der Waals surface area (Å²) in [4.78, 5) is 2.63. The summed E-state index contributed by atoms with van der Waals surface area (Å²) in [6, 6.07) is 1.06. The standard InChI is InChI=1S/C16H29NO2/c18-13-15-6-2-1-5-10-17(15)14-7-11-19-16(12-14)8-3-4-9-16/h14-15,18H,1-13H2. The summed E-state index contributed by atoms with van der Waals surface area (Å²) in [6.07, 6.45) is 12.7. The third-order valence-corrected chi connectivity index (χ3v) is 5.58. The summed E-state index contributed by atoms with van der Waals surface area (Å²) in [5.74, 6) is 0. The van der Waals surface area contributed by atoms with Crippen molar-refractivity contribution in [2.45, 2.75) is 81.9 Å². The van der Waals surface area contributed by atoms with Crippen molar-refractivity contribution in [3.63, 3.8) is 0 Å². The van der Waals surface area contributed by atoms with Gasteiger partial charge in [-0.2, -0.15) is 0 Å². The first kappa shape index (κ1) is 13.8. The summed E-state index contributed by atoms with van der Waals surface area (Å²) in [5, 5.41) is 9.70. The Labute approximate surface area is 117 Å². The van der Waals surface area contributed by atoms with Gasteiger partial charge >= 0.3 is 0 Å². The van der Waals surface area contributed by atoms with Crippen LogP contribution in [0.25, 0.3) is 0 Å². The van der Waals surface area contributed by atoms with Gasteiger partial charge in [0, 0.05) is 18.7 Å². The molecule has 0 radical (unpaired) electrons. The van der Waals surface area contributed by atoms with Crippen molar-refractivity contribution in [3.8, 4) is 0 Å². The lowest BCUT2D eigenvalue weighted by atomic mass is 9.87. The van der Waals surface area contributed by atoms with E-state index in [0.29, 0.717) is 18.7 Å². The smallest absolute Gasteiger partial charge is 0.0697 e. The molecule has 0 bridgehead atoms. The molecule has 19 heavy (non-hydrogen) atoms. The SMILES string of the molecule is OCC1CCCCCN1C1CCOC2(CCCC2)C1.